The molecule has 182 valence electrons. The van der Waals surface area contributed by atoms with Crippen molar-refractivity contribution in [2.45, 2.75) is 25.7 Å². The molecule has 2 aromatic heterocycles. The third-order valence-electron chi connectivity index (χ3n) is 6.69. The number of fused-ring (bicyclic) bond motifs is 1. The first-order chi connectivity index (χ1) is 17.5. The van der Waals surface area contributed by atoms with Crippen molar-refractivity contribution in [1.82, 2.24) is 14.8 Å². The Morgan fingerprint density at radius 1 is 1.08 bits per heavy atom. The number of hydrogen-bond donors (Lipinski definition) is 2. The SMILES string of the molecule is COC(=O)c1c(N)c(C#N)cn1-c1cc(-c2n[nH]c(=O)c3ccccc23)ccc1N1CCCCCC1. The largest absolute Gasteiger partial charge is 0.464 e. The van der Waals surface area contributed by atoms with E-state index < -0.39 is 5.97 Å². The molecule has 1 saturated heterocycles. The minimum Gasteiger partial charge on any atom is -0.464 e. The Morgan fingerprint density at radius 3 is 2.50 bits per heavy atom. The minimum atomic E-state index is -0.631. The van der Waals surface area contributed by atoms with Gasteiger partial charge in [-0.3, -0.25) is 4.79 Å². The van der Waals surface area contributed by atoms with E-state index in [4.69, 9.17) is 10.5 Å². The molecule has 0 bridgehead atoms. The maximum atomic E-state index is 12.8. The van der Waals surface area contributed by atoms with Crippen LogP contribution in [-0.4, -0.2) is 40.9 Å². The number of aromatic nitrogens is 3. The van der Waals surface area contributed by atoms with Crippen LogP contribution in [0.15, 0.2) is 53.5 Å². The number of ether oxygens (including phenoxy) is 1. The van der Waals surface area contributed by atoms with Crippen LogP contribution >= 0.6 is 0 Å². The van der Waals surface area contributed by atoms with E-state index in [1.807, 2.05) is 36.4 Å². The topological polar surface area (TPSA) is 130 Å². The highest BCUT2D eigenvalue weighted by Crippen LogP contribution is 2.36. The predicted molar refractivity (Wildman–Crippen MR) is 138 cm³/mol. The second-order valence-corrected chi connectivity index (χ2v) is 8.83. The van der Waals surface area contributed by atoms with Crippen molar-refractivity contribution < 1.29 is 9.53 Å². The van der Waals surface area contributed by atoms with Crippen LogP contribution in [0.5, 0.6) is 0 Å². The molecule has 1 fully saturated rings. The molecule has 0 amide bonds. The van der Waals surface area contributed by atoms with Gasteiger partial charge in [0, 0.05) is 30.2 Å². The lowest BCUT2D eigenvalue weighted by Gasteiger charge is -2.27. The molecule has 3 N–H and O–H groups in total. The van der Waals surface area contributed by atoms with Crippen LogP contribution in [-0.2, 0) is 4.74 Å². The highest BCUT2D eigenvalue weighted by molar-refractivity contribution is 5.97. The number of esters is 1. The number of methoxy groups -OCH3 is 1. The van der Waals surface area contributed by atoms with E-state index in [9.17, 15) is 14.9 Å². The summed E-state index contributed by atoms with van der Waals surface area (Å²) in [5.41, 5.74) is 9.26. The lowest BCUT2D eigenvalue weighted by molar-refractivity contribution is 0.0593. The molecular weight excluding hydrogens is 456 g/mol. The molecular formula is C27H26N6O3. The van der Waals surface area contributed by atoms with Gasteiger partial charge in [-0.05, 0) is 31.0 Å². The third-order valence-corrected chi connectivity index (χ3v) is 6.69. The number of anilines is 2. The van der Waals surface area contributed by atoms with E-state index in [0.29, 0.717) is 22.2 Å². The number of carbonyl (C=O) groups is 1. The van der Waals surface area contributed by atoms with E-state index in [0.717, 1.165) is 37.2 Å². The van der Waals surface area contributed by atoms with E-state index in [2.05, 4.69) is 21.2 Å². The van der Waals surface area contributed by atoms with Gasteiger partial charge < -0.3 is 19.9 Å². The van der Waals surface area contributed by atoms with Crippen molar-refractivity contribution in [3.05, 3.63) is 70.3 Å². The maximum Gasteiger partial charge on any atom is 0.357 e. The number of rotatable bonds is 4. The Hall–Kier alpha value is -4.58. The number of H-pyrrole nitrogens is 1. The van der Waals surface area contributed by atoms with Crippen molar-refractivity contribution in [1.29, 1.82) is 5.26 Å². The Balaban J connectivity index is 1.78. The number of carbonyl (C=O) groups excluding carboxylic acids is 1. The van der Waals surface area contributed by atoms with Crippen LogP contribution in [0.4, 0.5) is 11.4 Å². The fraction of sp³-hybridized carbons (Fsp3) is 0.259. The van der Waals surface area contributed by atoms with Crippen molar-refractivity contribution in [3.8, 4) is 23.0 Å². The molecule has 36 heavy (non-hydrogen) atoms. The van der Waals surface area contributed by atoms with Crippen molar-refractivity contribution in [3.63, 3.8) is 0 Å². The second kappa shape index (κ2) is 9.58. The Morgan fingerprint density at radius 2 is 1.81 bits per heavy atom. The molecule has 0 aliphatic carbocycles. The second-order valence-electron chi connectivity index (χ2n) is 8.83. The molecule has 1 aliphatic heterocycles. The standard InChI is InChI=1S/C27H26N6O3/c1-36-27(35)25-23(29)18(15-28)16-33(25)22-14-17(10-11-21(22)32-12-6-2-3-7-13-32)24-19-8-4-5-9-20(19)26(34)31-30-24/h4-5,8-11,14,16H,2-3,6-7,12-13,29H2,1H3,(H,31,34). The quantitative estimate of drug-likeness (QED) is 0.420. The van der Waals surface area contributed by atoms with Crippen LogP contribution in [0.25, 0.3) is 27.7 Å². The maximum absolute atomic E-state index is 12.8. The van der Waals surface area contributed by atoms with Crippen molar-refractivity contribution in [2.75, 3.05) is 30.8 Å². The Bertz CT molecular complexity index is 1550. The molecule has 2 aromatic carbocycles. The predicted octanol–water partition coefficient (Wildman–Crippen LogP) is 4.00. The normalized spacial score (nSPS) is 13.8. The number of nitrogens with two attached hydrogens (primary N) is 1. The zero-order chi connectivity index (χ0) is 25.2. The summed E-state index contributed by atoms with van der Waals surface area (Å²) in [5.74, 6) is -0.631. The smallest absolute Gasteiger partial charge is 0.357 e. The van der Waals surface area contributed by atoms with Gasteiger partial charge in [0.15, 0.2) is 5.69 Å². The first kappa shape index (κ1) is 23.2. The lowest BCUT2D eigenvalue weighted by Crippen LogP contribution is -2.25. The van der Waals surface area contributed by atoms with Crippen LogP contribution in [0, 0.1) is 11.3 Å². The summed E-state index contributed by atoms with van der Waals surface area (Å²) < 4.78 is 6.65. The van der Waals surface area contributed by atoms with Gasteiger partial charge in [0.2, 0.25) is 0 Å². The van der Waals surface area contributed by atoms with Gasteiger partial charge in [-0.25, -0.2) is 9.89 Å². The molecule has 0 saturated carbocycles. The number of nitrogen functional groups attached to an aromatic ring is 1. The first-order valence-corrected chi connectivity index (χ1v) is 11.9. The molecule has 0 radical (unpaired) electrons. The molecule has 3 heterocycles. The van der Waals surface area contributed by atoms with Crippen LogP contribution in [0.1, 0.15) is 41.7 Å². The first-order valence-electron chi connectivity index (χ1n) is 11.9. The highest BCUT2D eigenvalue weighted by Gasteiger charge is 2.25. The van der Waals surface area contributed by atoms with Gasteiger partial charge in [0.05, 0.1) is 40.8 Å². The van der Waals surface area contributed by atoms with E-state index in [-0.39, 0.29) is 22.5 Å². The Labute approximate surface area is 207 Å². The van der Waals surface area contributed by atoms with E-state index in [1.54, 1.807) is 16.8 Å². The van der Waals surface area contributed by atoms with Crippen LogP contribution in [0.2, 0.25) is 0 Å². The fourth-order valence-electron chi connectivity index (χ4n) is 4.88. The number of benzene rings is 2. The van der Waals surface area contributed by atoms with Crippen LogP contribution in [0.3, 0.4) is 0 Å². The fourth-order valence-corrected chi connectivity index (χ4v) is 4.88. The summed E-state index contributed by atoms with van der Waals surface area (Å²) in [5, 5.41) is 17.8. The Kier molecular flexibility index (Phi) is 6.17. The zero-order valence-corrected chi connectivity index (χ0v) is 20.0. The number of aromatic amines is 1. The molecule has 0 spiro atoms. The summed E-state index contributed by atoms with van der Waals surface area (Å²) in [4.78, 5) is 27.4. The van der Waals surface area contributed by atoms with Crippen molar-refractivity contribution in [2.24, 2.45) is 0 Å². The molecule has 4 aromatic rings. The van der Waals surface area contributed by atoms with Gasteiger partial charge in [-0.15, -0.1) is 0 Å². The van der Waals surface area contributed by atoms with Gasteiger partial charge >= 0.3 is 5.97 Å². The highest BCUT2D eigenvalue weighted by atomic mass is 16.5. The summed E-state index contributed by atoms with van der Waals surface area (Å²) in [7, 11) is 1.29. The molecule has 9 nitrogen and oxygen atoms in total. The van der Waals surface area contributed by atoms with Gasteiger partial charge in [-0.1, -0.05) is 37.1 Å². The van der Waals surface area contributed by atoms with E-state index in [1.165, 1.54) is 20.0 Å². The molecule has 0 unspecified atom stereocenters. The monoisotopic (exact) mass is 482 g/mol. The number of hydrogen-bond acceptors (Lipinski definition) is 7. The molecule has 0 atom stereocenters. The molecule has 1 aliphatic rings. The number of nitriles is 1. The summed E-state index contributed by atoms with van der Waals surface area (Å²) in [6.07, 6.45) is 6.03. The van der Waals surface area contributed by atoms with Crippen molar-refractivity contribution >= 4 is 28.1 Å². The third kappa shape index (κ3) is 3.96. The van der Waals surface area contributed by atoms with E-state index >= 15 is 0 Å². The average molecular weight is 483 g/mol. The number of nitrogens with zero attached hydrogens (tertiary/aromatic N) is 4. The summed E-state index contributed by atoms with van der Waals surface area (Å²) in [6.45, 7) is 1.75. The number of nitrogens with one attached hydrogen (secondary N) is 1. The lowest BCUT2D eigenvalue weighted by atomic mass is 10.0. The minimum absolute atomic E-state index is 0.0733. The summed E-state index contributed by atoms with van der Waals surface area (Å²) >= 11 is 0. The van der Waals surface area contributed by atoms with Gasteiger partial charge in [0.1, 0.15) is 6.07 Å². The van der Waals surface area contributed by atoms with Crippen LogP contribution < -0.4 is 16.2 Å². The van der Waals surface area contributed by atoms with Gasteiger partial charge in [0.25, 0.3) is 5.56 Å². The summed E-state index contributed by atoms with van der Waals surface area (Å²) in [6, 6.07) is 15.2. The average Bonchev–Trinajstić information content (AvgIpc) is 3.06. The molecule has 5 rings (SSSR count). The molecule has 9 heteroatoms. The van der Waals surface area contributed by atoms with Gasteiger partial charge in [-0.2, -0.15) is 10.4 Å². The zero-order valence-electron chi connectivity index (χ0n) is 20.0.